The number of benzene rings is 1. The molecule has 2 atom stereocenters. The Morgan fingerprint density at radius 1 is 1.09 bits per heavy atom. The number of rotatable bonds is 3. The molecule has 0 bridgehead atoms. The average Bonchev–Trinajstić information content (AvgIpc) is 2.86. The molecule has 0 spiro atoms. The van der Waals surface area contributed by atoms with Crippen molar-refractivity contribution in [2.45, 2.75) is 45.7 Å². The summed E-state index contributed by atoms with van der Waals surface area (Å²) in [5.41, 5.74) is 0.292. The molecule has 1 fully saturated rings. The summed E-state index contributed by atoms with van der Waals surface area (Å²) in [7, 11) is 0. The zero-order valence-electron chi connectivity index (χ0n) is 20.8. The predicted molar refractivity (Wildman–Crippen MR) is 131 cm³/mol. The van der Waals surface area contributed by atoms with Crippen molar-refractivity contribution in [2.24, 2.45) is 5.92 Å². The fourth-order valence-corrected chi connectivity index (χ4v) is 4.25. The Bertz CT molecular complexity index is 913. The van der Waals surface area contributed by atoms with E-state index >= 15 is 0 Å². The number of hydrogen-bond acceptors (Lipinski definition) is 6. The summed E-state index contributed by atoms with van der Waals surface area (Å²) < 4.78 is 5.81. The van der Waals surface area contributed by atoms with Crippen molar-refractivity contribution in [3.8, 4) is 5.75 Å². The lowest BCUT2D eigenvalue weighted by molar-refractivity contribution is -0.137. The van der Waals surface area contributed by atoms with Gasteiger partial charge in [-0.3, -0.25) is 19.2 Å². The van der Waals surface area contributed by atoms with E-state index < -0.39 is 23.9 Å². The molecule has 2 aliphatic heterocycles. The normalized spacial score (nSPS) is 23.2. The molecule has 0 radical (unpaired) electrons. The molecular formula is C25H37N5O5. The lowest BCUT2D eigenvalue weighted by Crippen LogP contribution is -2.57. The molecule has 0 saturated carbocycles. The van der Waals surface area contributed by atoms with Crippen LogP contribution >= 0.6 is 0 Å². The second kappa shape index (κ2) is 12.5. The summed E-state index contributed by atoms with van der Waals surface area (Å²) in [5, 5.41) is 8.36. The molecule has 10 nitrogen and oxygen atoms in total. The predicted octanol–water partition coefficient (Wildman–Crippen LogP) is 0.379. The molecule has 35 heavy (non-hydrogen) atoms. The molecular weight excluding hydrogens is 450 g/mol. The van der Waals surface area contributed by atoms with E-state index in [2.05, 4.69) is 27.8 Å². The first-order chi connectivity index (χ1) is 16.8. The molecule has 2 heterocycles. The van der Waals surface area contributed by atoms with Crippen LogP contribution in [-0.4, -0.2) is 91.4 Å². The molecule has 3 N–H and O–H groups in total. The van der Waals surface area contributed by atoms with Gasteiger partial charge < -0.3 is 30.5 Å². The standard InChI is InChI=1S/C25H37N5O5/c1-4-29-11-13-30(14-12-29)25(34)19-16-21(31)28-22(17(2)3)24(33)26-10-7-15-35-20-9-6-5-8-18(20)23(32)27-19/h5-6,8-9,17,19,22H,4,7,10-16H2,1-3H3,(H,26,33)(H,27,32)(H,28,31)/t19-,22-/m0/s1. The van der Waals surface area contributed by atoms with Crippen LogP contribution in [0.15, 0.2) is 24.3 Å². The highest BCUT2D eigenvalue weighted by atomic mass is 16.5. The fourth-order valence-electron chi connectivity index (χ4n) is 4.25. The largest absolute Gasteiger partial charge is 0.493 e. The number of piperazine rings is 1. The van der Waals surface area contributed by atoms with Gasteiger partial charge in [0.05, 0.1) is 18.6 Å². The van der Waals surface area contributed by atoms with Crippen molar-refractivity contribution in [1.82, 2.24) is 25.8 Å². The molecule has 3 rings (SSSR count). The minimum absolute atomic E-state index is 0.152. The highest BCUT2D eigenvalue weighted by Gasteiger charge is 2.33. The van der Waals surface area contributed by atoms with E-state index in [0.29, 0.717) is 44.0 Å². The van der Waals surface area contributed by atoms with E-state index in [1.54, 1.807) is 29.2 Å². The van der Waals surface area contributed by atoms with Crippen LogP contribution in [0, 0.1) is 5.92 Å². The Balaban J connectivity index is 1.86. The Hall–Kier alpha value is -3.14. The van der Waals surface area contributed by atoms with Crippen LogP contribution in [0.1, 0.15) is 44.0 Å². The number of fused-ring (bicyclic) bond motifs is 1. The smallest absolute Gasteiger partial charge is 0.255 e. The molecule has 1 saturated heterocycles. The lowest BCUT2D eigenvalue weighted by atomic mass is 10.0. The van der Waals surface area contributed by atoms with Crippen molar-refractivity contribution >= 4 is 23.6 Å². The summed E-state index contributed by atoms with van der Waals surface area (Å²) in [5.74, 6) is -1.31. The monoisotopic (exact) mass is 487 g/mol. The van der Waals surface area contributed by atoms with Crippen LogP contribution in [0.25, 0.3) is 0 Å². The van der Waals surface area contributed by atoms with Crippen LogP contribution in [0.4, 0.5) is 0 Å². The van der Waals surface area contributed by atoms with Gasteiger partial charge in [-0.15, -0.1) is 0 Å². The highest BCUT2D eigenvalue weighted by Crippen LogP contribution is 2.19. The van der Waals surface area contributed by atoms with Crippen LogP contribution in [-0.2, 0) is 14.4 Å². The SMILES string of the molecule is CCN1CCN(C(=O)[C@@H]2CC(=O)N[C@@H](C(C)C)C(=O)NCCCOc3ccccc3C(=O)N2)CC1. The Kier molecular flexibility index (Phi) is 9.47. The van der Waals surface area contributed by atoms with Gasteiger partial charge in [-0.2, -0.15) is 0 Å². The zero-order valence-corrected chi connectivity index (χ0v) is 20.8. The van der Waals surface area contributed by atoms with Gasteiger partial charge in [0, 0.05) is 32.7 Å². The fraction of sp³-hybridized carbons (Fsp3) is 0.600. The highest BCUT2D eigenvalue weighted by molar-refractivity contribution is 6.01. The third-order valence-corrected chi connectivity index (χ3v) is 6.40. The minimum Gasteiger partial charge on any atom is -0.493 e. The average molecular weight is 488 g/mol. The molecule has 0 aliphatic carbocycles. The van der Waals surface area contributed by atoms with E-state index in [-0.39, 0.29) is 24.2 Å². The Labute approximate surface area is 206 Å². The molecule has 4 amide bonds. The molecule has 10 heteroatoms. The zero-order chi connectivity index (χ0) is 25.4. The molecule has 0 unspecified atom stereocenters. The lowest BCUT2D eigenvalue weighted by Gasteiger charge is -2.36. The number of likely N-dealkylation sites (N-methyl/N-ethyl adjacent to an activating group) is 1. The van der Waals surface area contributed by atoms with E-state index in [0.717, 1.165) is 19.6 Å². The van der Waals surface area contributed by atoms with Crippen LogP contribution < -0.4 is 20.7 Å². The molecule has 1 aromatic carbocycles. The van der Waals surface area contributed by atoms with E-state index in [4.69, 9.17) is 4.74 Å². The first-order valence-electron chi connectivity index (χ1n) is 12.4. The maximum Gasteiger partial charge on any atom is 0.255 e. The van der Waals surface area contributed by atoms with Gasteiger partial charge in [0.2, 0.25) is 17.7 Å². The molecule has 1 aromatic rings. The van der Waals surface area contributed by atoms with Gasteiger partial charge >= 0.3 is 0 Å². The van der Waals surface area contributed by atoms with Crippen LogP contribution in [0.3, 0.4) is 0 Å². The second-order valence-corrected chi connectivity index (χ2v) is 9.27. The summed E-state index contributed by atoms with van der Waals surface area (Å²) >= 11 is 0. The van der Waals surface area contributed by atoms with Crippen molar-refractivity contribution in [1.29, 1.82) is 0 Å². The first kappa shape index (κ1) is 26.5. The number of nitrogens with zero attached hydrogens (tertiary/aromatic N) is 2. The quantitative estimate of drug-likeness (QED) is 0.567. The number of nitrogens with one attached hydrogen (secondary N) is 3. The van der Waals surface area contributed by atoms with Crippen LogP contribution in [0.2, 0.25) is 0 Å². The maximum absolute atomic E-state index is 13.4. The molecule has 192 valence electrons. The van der Waals surface area contributed by atoms with E-state index in [1.165, 1.54) is 0 Å². The Morgan fingerprint density at radius 2 is 1.80 bits per heavy atom. The topological polar surface area (TPSA) is 120 Å². The van der Waals surface area contributed by atoms with Gasteiger partial charge in [-0.1, -0.05) is 32.9 Å². The van der Waals surface area contributed by atoms with Crippen molar-refractivity contribution < 1.29 is 23.9 Å². The van der Waals surface area contributed by atoms with Crippen molar-refractivity contribution in [3.05, 3.63) is 29.8 Å². The molecule has 2 aliphatic rings. The second-order valence-electron chi connectivity index (χ2n) is 9.27. The number of carbonyl (C=O) groups is 4. The third-order valence-electron chi connectivity index (χ3n) is 6.40. The van der Waals surface area contributed by atoms with Gasteiger partial charge in [0.1, 0.15) is 17.8 Å². The van der Waals surface area contributed by atoms with Crippen LogP contribution in [0.5, 0.6) is 5.75 Å². The minimum atomic E-state index is -1.07. The number of para-hydroxylation sites is 1. The maximum atomic E-state index is 13.4. The Morgan fingerprint density at radius 3 is 2.49 bits per heavy atom. The summed E-state index contributed by atoms with van der Waals surface area (Å²) in [6.07, 6.45) is 0.267. The van der Waals surface area contributed by atoms with Crippen molar-refractivity contribution in [2.75, 3.05) is 45.9 Å². The van der Waals surface area contributed by atoms with Gasteiger partial charge in [-0.25, -0.2) is 0 Å². The third kappa shape index (κ3) is 7.17. The number of amides is 4. The van der Waals surface area contributed by atoms with E-state index in [1.807, 2.05) is 13.8 Å². The number of hydrogen-bond donors (Lipinski definition) is 3. The van der Waals surface area contributed by atoms with E-state index in [9.17, 15) is 19.2 Å². The van der Waals surface area contributed by atoms with Gasteiger partial charge in [-0.05, 0) is 31.0 Å². The summed E-state index contributed by atoms with van der Waals surface area (Å²) in [6.45, 7) is 9.86. The summed E-state index contributed by atoms with van der Waals surface area (Å²) in [4.78, 5) is 56.2. The van der Waals surface area contributed by atoms with Gasteiger partial charge in [0.15, 0.2) is 0 Å². The first-order valence-corrected chi connectivity index (χ1v) is 12.4. The number of ether oxygens (including phenoxy) is 1. The van der Waals surface area contributed by atoms with Gasteiger partial charge in [0.25, 0.3) is 5.91 Å². The number of carbonyl (C=O) groups excluding carboxylic acids is 4. The van der Waals surface area contributed by atoms with Crippen molar-refractivity contribution in [3.63, 3.8) is 0 Å². The summed E-state index contributed by atoms with van der Waals surface area (Å²) in [6, 6.07) is 4.99. The molecule has 0 aromatic heterocycles.